The van der Waals surface area contributed by atoms with E-state index in [1.807, 2.05) is 30.3 Å². The third kappa shape index (κ3) is 5.17. The quantitative estimate of drug-likeness (QED) is 0.613. The normalized spacial score (nSPS) is 18.1. The van der Waals surface area contributed by atoms with Gasteiger partial charge in [-0.15, -0.1) is 0 Å². The number of ether oxygens (including phenoxy) is 1. The number of hydrogen-bond acceptors (Lipinski definition) is 7. The van der Waals surface area contributed by atoms with Gasteiger partial charge in [-0.25, -0.2) is 19.7 Å². The molecule has 0 bridgehead atoms. The fraction of sp³-hybridized carbons (Fsp3) is 0.348. The number of carbonyl (C=O) groups excluding carboxylic acids is 1. The summed E-state index contributed by atoms with van der Waals surface area (Å²) in [5, 5.41) is 3.02. The number of nitrogens with two attached hydrogens (primary N) is 1. The highest BCUT2D eigenvalue weighted by atomic mass is 16.5. The standard InChI is InChI=1S/C23H27N7O2/c1-32-22-27-12-17(13-28-22)20-14-26-21(15-25-20)30(19-9-7-18(24)8-10-19)23(31)29-11-16-5-3-2-4-6-16/h2-6,12-15,18-19H,7-11,24H2,1H3,(H,29,31). The Morgan fingerprint density at radius 2 is 1.75 bits per heavy atom. The molecular weight excluding hydrogens is 406 g/mol. The van der Waals surface area contributed by atoms with E-state index in [2.05, 4.69) is 25.3 Å². The molecule has 1 aliphatic carbocycles. The summed E-state index contributed by atoms with van der Waals surface area (Å²) in [7, 11) is 1.51. The van der Waals surface area contributed by atoms with Crippen LogP contribution in [-0.4, -0.2) is 45.2 Å². The van der Waals surface area contributed by atoms with Gasteiger partial charge in [0.15, 0.2) is 5.82 Å². The highest BCUT2D eigenvalue weighted by molar-refractivity contribution is 5.91. The number of amides is 2. The number of nitrogens with one attached hydrogen (secondary N) is 1. The Morgan fingerprint density at radius 3 is 2.38 bits per heavy atom. The van der Waals surface area contributed by atoms with Crippen molar-refractivity contribution in [1.82, 2.24) is 25.3 Å². The van der Waals surface area contributed by atoms with Crippen molar-refractivity contribution in [2.75, 3.05) is 12.0 Å². The predicted octanol–water partition coefficient (Wildman–Crippen LogP) is 2.93. The second-order valence-corrected chi connectivity index (χ2v) is 7.80. The molecular formula is C23H27N7O2. The molecule has 2 amide bonds. The maximum absolute atomic E-state index is 13.2. The molecule has 9 heteroatoms. The Bertz CT molecular complexity index is 1000. The summed E-state index contributed by atoms with van der Waals surface area (Å²) in [6, 6.07) is 10.1. The minimum Gasteiger partial charge on any atom is -0.467 e. The number of aromatic nitrogens is 4. The highest BCUT2D eigenvalue weighted by Crippen LogP contribution is 2.27. The van der Waals surface area contributed by atoms with E-state index in [9.17, 15) is 4.79 Å². The predicted molar refractivity (Wildman–Crippen MR) is 121 cm³/mol. The molecule has 3 N–H and O–H groups in total. The summed E-state index contributed by atoms with van der Waals surface area (Å²) in [5.74, 6) is 0.509. The van der Waals surface area contributed by atoms with Crippen LogP contribution in [0.1, 0.15) is 31.2 Å². The first kappa shape index (κ1) is 21.6. The molecule has 0 saturated heterocycles. The minimum absolute atomic E-state index is 0.0232. The number of nitrogens with zero attached hydrogens (tertiary/aromatic N) is 5. The van der Waals surface area contributed by atoms with Crippen molar-refractivity contribution in [2.45, 2.75) is 44.3 Å². The molecule has 9 nitrogen and oxygen atoms in total. The topological polar surface area (TPSA) is 119 Å². The molecule has 2 heterocycles. The number of rotatable bonds is 6. The third-order valence-electron chi connectivity index (χ3n) is 5.60. The van der Waals surface area contributed by atoms with Crippen LogP contribution in [0.25, 0.3) is 11.3 Å². The molecule has 166 valence electrons. The van der Waals surface area contributed by atoms with Crippen molar-refractivity contribution in [2.24, 2.45) is 5.73 Å². The Morgan fingerprint density at radius 1 is 1.03 bits per heavy atom. The van der Waals surface area contributed by atoms with Gasteiger partial charge in [0.1, 0.15) is 0 Å². The van der Waals surface area contributed by atoms with Crippen LogP contribution in [0.15, 0.2) is 55.1 Å². The first-order valence-corrected chi connectivity index (χ1v) is 10.7. The lowest BCUT2D eigenvalue weighted by Crippen LogP contribution is -2.49. The van der Waals surface area contributed by atoms with E-state index in [-0.39, 0.29) is 24.1 Å². The zero-order valence-corrected chi connectivity index (χ0v) is 18.0. The maximum Gasteiger partial charge on any atom is 0.323 e. The van der Waals surface area contributed by atoms with Crippen LogP contribution in [-0.2, 0) is 6.54 Å². The first-order chi connectivity index (χ1) is 15.6. The van der Waals surface area contributed by atoms with Crippen molar-refractivity contribution in [3.63, 3.8) is 0 Å². The monoisotopic (exact) mass is 433 g/mol. The number of urea groups is 1. The molecule has 1 saturated carbocycles. The summed E-state index contributed by atoms with van der Waals surface area (Å²) in [4.78, 5) is 32.2. The van der Waals surface area contributed by atoms with Gasteiger partial charge in [0.05, 0.1) is 25.2 Å². The molecule has 3 aromatic rings. The summed E-state index contributed by atoms with van der Waals surface area (Å²) in [6.07, 6.45) is 9.92. The molecule has 0 atom stereocenters. The minimum atomic E-state index is -0.191. The maximum atomic E-state index is 13.2. The summed E-state index contributed by atoms with van der Waals surface area (Å²) < 4.78 is 4.99. The van der Waals surface area contributed by atoms with Gasteiger partial charge in [0.2, 0.25) is 0 Å². The van der Waals surface area contributed by atoms with Crippen LogP contribution < -0.4 is 20.7 Å². The molecule has 4 rings (SSSR count). The molecule has 0 radical (unpaired) electrons. The summed E-state index contributed by atoms with van der Waals surface area (Å²) in [5.41, 5.74) is 8.45. The number of methoxy groups -OCH3 is 1. The lowest BCUT2D eigenvalue weighted by atomic mass is 9.91. The molecule has 1 fully saturated rings. The number of hydrogen-bond donors (Lipinski definition) is 2. The van der Waals surface area contributed by atoms with Crippen molar-refractivity contribution < 1.29 is 9.53 Å². The Kier molecular flexibility index (Phi) is 6.86. The van der Waals surface area contributed by atoms with Crippen LogP contribution in [0.2, 0.25) is 0 Å². The van der Waals surface area contributed by atoms with Crippen LogP contribution in [0.3, 0.4) is 0 Å². The second kappa shape index (κ2) is 10.1. The Balaban J connectivity index is 1.53. The fourth-order valence-corrected chi connectivity index (χ4v) is 3.82. The van der Waals surface area contributed by atoms with Gasteiger partial charge in [0, 0.05) is 36.6 Å². The molecule has 2 aromatic heterocycles. The third-order valence-corrected chi connectivity index (χ3v) is 5.60. The van der Waals surface area contributed by atoms with Gasteiger partial charge < -0.3 is 15.8 Å². The fourth-order valence-electron chi connectivity index (χ4n) is 3.82. The number of carbonyl (C=O) groups is 1. The molecule has 32 heavy (non-hydrogen) atoms. The van der Waals surface area contributed by atoms with E-state index in [4.69, 9.17) is 10.5 Å². The van der Waals surface area contributed by atoms with Gasteiger partial charge in [-0.1, -0.05) is 30.3 Å². The van der Waals surface area contributed by atoms with E-state index in [0.29, 0.717) is 23.6 Å². The van der Waals surface area contributed by atoms with Gasteiger partial charge in [-0.05, 0) is 31.2 Å². The van der Waals surface area contributed by atoms with Crippen LogP contribution in [0, 0.1) is 0 Å². The smallest absolute Gasteiger partial charge is 0.323 e. The van der Waals surface area contributed by atoms with E-state index >= 15 is 0 Å². The zero-order chi connectivity index (χ0) is 22.3. The summed E-state index contributed by atoms with van der Waals surface area (Å²) in [6.45, 7) is 0.442. The highest BCUT2D eigenvalue weighted by Gasteiger charge is 2.30. The lowest BCUT2D eigenvalue weighted by molar-refractivity contribution is 0.239. The Hall–Kier alpha value is -3.59. The second-order valence-electron chi connectivity index (χ2n) is 7.80. The number of benzene rings is 1. The van der Waals surface area contributed by atoms with Crippen LogP contribution in [0.5, 0.6) is 6.01 Å². The molecule has 1 aliphatic rings. The van der Waals surface area contributed by atoms with Crippen LogP contribution >= 0.6 is 0 Å². The average Bonchev–Trinajstić information content (AvgIpc) is 2.85. The lowest BCUT2D eigenvalue weighted by Gasteiger charge is -2.35. The van der Waals surface area contributed by atoms with E-state index in [0.717, 1.165) is 31.2 Å². The van der Waals surface area contributed by atoms with E-state index in [1.165, 1.54) is 7.11 Å². The molecule has 0 spiro atoms. The SMILES string of the molecule is COc1ncc(-c2cnc(N(C(=O)NCc3ccccc3)C3CCC(N)CC3)cn2)cn1. The van der Waals surface area contributed by atoms with Crippen molar-refractivity contribution >= 4 is 11.8 Å². The molecule has 0 aliphatic heterocycles. The van der Waals surface area contributed by atoms with Crippen molar-refractivity contribution in [3.8, 4) is 17.3 Å². The van der Waals surface area contributed by atoms with Gasteiger partial charge in [-0.3, -0.25) is 9.88 Å². The van der Waals surface area contributed by atoms with Crippen LogP contribution in [0.4, 0.5) is 10.6 Å². The number of anilines is 1. The average molecular weight is 434 g/mol. The largest absolute Gasteiger partial charge is 0.467 e. The van der Waals surface area contributed by atoms with E-state index in [1.54, 1.807) is 29.7 Å². The van der Waals surface area contributed by atoms with Crippen molar-refractivity contribution in [3.05, 3.63) is 60.7 Å². The molecule has 0 unspecified atom stereocenters. The molecule has 1 aromatic carbocycles. The zero-order valence-electron chi connectivity index (χ0n) is 18.0. The summed E-state index contributed by atoms with van der Waals surface area (Å²) >= 11 is 0. The van der Waals surface area contributed by atoms with Crippen molar-refractivity contribution in [1.29, 1.82) is 0 Å². The van der Waals surface area contributed by atoms with Gasteiger partial charge >= 0.3 is 12.0 Å². The first-order valence-electron chi connectivity index (χ1n) is 10.7. The Labute approximate surface area is 187 Å². The van der Waals surface area contributed by atoms with E-state index < -0.39 is 0 Å². The van der Waals surface area contributed by atoms with Gasteiger partial charge in [0.25, 0.3) is 0 Å². The van der Waals surface area contributed by atoms with Gasteiger partial charge in [-0.2, -0.15) is 0 Å².